The Morgan fingerprint density at radius 2 is 1.86 bits per heavy atom. The van der Waals surface area contributed by atoms with E-state index in [0.717, 1.165) is 21.1 Å². The maximum absolute atomic E-state index is 13.2. The first-order chi connectivity index (χ1) is 17.8. The van der Waals surface area contributed by atoms with Crippen LogP contribution < -0.4 is 14.2 Å². The van der Waals surface area contributed by atoms with E-state index in [1.165, 1.54) is 6.07 Å². The molecule has 9 nitrogen and oxygen atoms in total. The van der Waals surface area contributed by atoms with Crippen LogP contribution in [0.2, 0.25) is 5.02 Å². The summed E-state index contributed by atoms with van der Waals surface area (Å²) < 4.78 is 17.3. The minimum atomic E-state index is -0.478. The number of rotatable bonds is 7. The third-order valence-electron chi connectivity index (χ3n) is 5.57. The lowest BCUT2D eigenvalue weighted by molar-refractivity contribution is -0.385. The predicted octanol–water partition coefficient (Wildman–Crippen LogP) is 6.55. The summed E-state index contributed by atoms with van der Waals surface area (Å²) in [5.41, 5.74) is 1.43. The van der Waals surface area contributed by atoms with Crippen molar-refractivity contribution in [2.45, 2.75) is 13.2 Å². The van der Waals surface area contributed by atoms with Crippen LogP contribution in [0, 0.1) is 10.1 Å². The first-order valence-corrected chi connectivity index (χ1v) is 12.8. The lowest BCUT2D eigenvalue weighted by Gasteiger charge is -2.14. The van der Waals surface area contributed by atoms with Crippen LogP contribution in [-0.2, 0) is 17.9 Å². The van der Waals surface area contributed by atoms with Crippen LogP contribution in [0.15, 0.2) is 64.0 Å². The summed E-state index contributed by atoms with van der Waals surface area (Å²) in [5.74, 6) is 0.919. The summed E-state index contributed by atoms with van der Waals surface area (Å²) in [6.45, 7) is -0.00516. The number of nitrogens with zero attached hydrogens (tertiary/aromatic N) is 2. The van der Waals surface area contributed by atoms with Crippen LogP contribution in [0.3, 0.4) is 0 Å². The number of fused-ring (bicyclic) bond motifs is 1. The molecule has 0 unspecified atom stereocenters. The largest absolute Gasteiger partial charge is 0.488 e. The normalized spacial score (nSPS) is 15.5. The van der Waals surface area contributed by atoms with Gasteiger partial charge in [0.05, 0.1) is 21.9 Å². The number of ether oxygens (including phenoxy) is 3. The molecular formula is C25H16BrClN2O7S. The zero-order valence-electron chi connectivity index (χ0n) is 18.8. The summed E-state index contributed by atoms with van der Waals surface area (Å²) in [4.78, 5) is 38.0. The zero-order chi connectivity index (χ0) is 26.1. The number of carbonyl (C=O) groups is 2. The topological polar surface area (TPSA) is 108 Å². The van der Waals surface area contributed by atoms with Crippen LogP contribution in [0.5, 0.6) is 17.2 Å². The van der Waals surface area contributed by atoms with E-state index in [-0.39, 0.29) is 30.5 Å². The van der Waals surface area contributed by atoms with Gasteiger partial charge in [0, 0.05) is 27.2 Å². The van der Waals surface area contributed by atoms with E-state index in [2.05, 4.69) is 15.9 Å². The van der Waals surface area contributed by atoms with Crippen molar-refractivity contribution in [3.63, 3.8) is 0 Å². The molecule has 2 aliphatic rings. The van der Waals surface area contributed by atoms with Crippen molar-refractivity contribution in [3.05, 3.63) is 95.8 Å². The van der Waals surface area contributed by atoms with Gasteiger partial charge in [0.15, 0.2) is 11.5 Å². The second kappa shape index (κ2) is 10.4. The van der Waals surface area contributed by atoms with Gasteiger partial charge in [0.25, 0.3) is 16.8 Å². The molecule has 0 aromatic heterocycles. The molecule has 0 atom stereocenters. The third-order valence-corrected chi connectivity index (χ3v) is 7.33. The molecule has 2 amide bonds. The van der Waals surface area contributed by atoms with Crippen LogP contribution in [0.4, 0.5) is 10.5 Å². The van der Waals surface area contributed by atoms with Crippen molar-refractivity contribution < 1.29 is 28.7 Å². The van der Waals surface area contributed by atoms with Crippen LogP contribution >= 0.6 is 39.3 Å². The van der Waals surface area contributed by atoms with Crippen molar-refractivity contribution in [2.75, 3.05) is 6.79 Å². The van der Waals surface area contributed by atoms with E-state index in [1.807, 2.05) is 0 Å². The van der Waals surface area contributed by atoms with Gasteiger partial charge in [0.1, 0.15) is 12.4 Å². The molecule has 12 heteroatoms. The predicted molar refractivity (Wildman–Crippen MR) is 141 cm³/mol. The van der Waals surface area contributed by atoms with E-state index >= 15 is 0 Å². The molecule has 0 spiro atoms. The van der Waals surface area contributed by atoms with E-state index < -0.39 is 16.1 Å². The molecule has 2 aliphatic heterocycles. The van der Waals surface area contributed by atoms with Crippen LogP contribution in [-0.4, -0.2) is 27.8 Å². The summed E-state index contributed by atoms with van der Waals surface area (Å²) >= 11 is 10.5. The van der Waals surface area contributed by atoms with E-state index in [4.69, 9.17) is 25.8 Å². The number of para-hydroxylation sites is 1. The fourth-order valence-corrected chi connectivity index (χ4v) is 5.18. The van der Waals surface area contributed by atoms with Crippen molar-refractivity contribution in [3.8, 4) is 17.2 Å². The van der Waals surface area contributed by atoms with E-state index in [1.54, 1.807) is 54.6 Å². The molecule has 0 N–H and O–H groups in total. The van der Waals surface area contributed by atoms with Gasteiger partial charge < -0.3 is 14.2 Å². The van der Waals surface area contributed by atoms with Gasteiger partial charge in [-0.2, -0.15) is 0 Å². The van der Waals surface area contributed by atoms with Crippen LogP contribution in [0.1, 0.15) is 16.7 Å². The summed E-state index contributed by atoms with van der Waals surface area (Å²) in [6, 6.07) is 14.7. The van der Waals surface area contributed by atoms with E-state index in [9.17, 15) is 19.7 Å². The molecule has 1 saturated heterocycles. The molecule has 3 aromatic carbocycles. The minimum absolute atomic E-state index is 0.0308. The second-order valence-corrected chi connectivity index (χ2v) is 10.2. The first-order valence-electron chi connectivity index (χ1n) is 10.8. The Kier molecular flexibility index (Phi) is 7.09. The standard InChI is InChI=1S/C25H16BrClN2O7S/c26-17-5-6-20(34-12-14-3-1-2-4-19(14)29(32)33)15(7-17)9-23-24(30)28(25(31)37-23)11-16-8-21-22(10-18(16)27)36-13-35-21/h1-10H,11-13H2/b23-9-. The Morgan fingerprint density at radius 1 is 1.11 bits per heavy atom. The monoisotopic (exact) mass is 602 g/mol. The van der Waals surface area contributed by atoms with Crippen molar-refractivity contribution in [1.82, 2.24) is 4.90 Å². The Labute approximate surface area is 228 Å². The van der Waals surface area contributed by atoms with Crippen molar-refractivity contribution in [2.24, 2.45) is 0 Å². The number of nitro groups is 1. The molecule has 2 heterocycles. The van der Waals surface area contributed by atoms with Gasteiger partial charge in [-0.1, -0.05) is 39.7 Å². The van der Waals surface area contributed by atoms with Crippen molar-refractivity contribution in [1.29, 1.82) is 0 Å². The average Bonchev–Trinajstić information content (AvgIpc) is 3.42. The summed E-state index contributed by atoms with van der Waals surface area (Å²) in [5, 5.41) is 11.2. The zero-order valence-corrected chi connectivity index (χ0v) is 22.0. The number of hydrogen-bond acceptors (Lipinski definition) is 8. The van der Waals surface area contributed by atoms with Crippen molar-refractivity contribution >= 4 is 62.2 Å². The average molecular weight is 604 g/mol. The molecular weight excluding hydrogens is 588 g/mol. The molecule has 0 bridgehead atoms. The highest BCUT2D eigenvalue weighted by Gasteiger charge is 2.36. The SMILES string of the molecule is O=C1S/C(=C\c2cc(Br)ccc2OCc2ccccc2[N+](=O)[O-])C(=O)N1Cc1cc2c(cc1Cl)OCO2. The van der Waals surface area contributed by atoms with Gasteiger partial charge in [-0.15, -0.1) is 0 Å². The lowest BCUT2D eigenvalue weighted by atomic mass is 10.1. The number of hydrogen-bond donors (Lipinski definition) is 0. The number of imide groups is 1. The highest BCUT2D eigenvalue weighted by Crippen LogP contribution is 2.40. The lowest BCUT2D eigenvalue weighted by Crippen LogP contribution is -2.27. The quantitative estimate of drug-likeness (QED) is 0.170. The Balaban J connectivity index is 1.38. The molecule has 1 fully saturated rings. The van der Waals surface area contributed by atoms with Crippen LogP contribution in [0.25, 0.3) is 6.08 Å². The molecule has 0 aliphatic carbocycles. The minimum Gasteiger partial charge on any atom is -0.488 e. The number of nitro benzene ring substituents is 1. The molecule has 5 rings (SSSR count). The molecule has 0 saturated carbocycles. The summed E-state index contributed by atoms with van der Waals surface area (Å²) in [7, 11) is 0. The smallest absolute Gasteiger partial charge is 0.293 e. The number of benzene rings is 3. The van der Waals surface area contributed by atoms with Gasteiger partial charge in [-0.3, -0.25) is 24.6 Å². The number of amides is 2. The highest BCUT2D eigenvalue weighted by molar-refractivity contribution is 9.10. The fraction of sp³-hybridized carbons (Fsp3) is 0.120. The summed E-state index contributed by atoms with van der Waals surface area (Å²) in [6.07, 6.45) is 1.56. The number of halogens is 2. The van der Waals surface area contributed by atoms with E-state index in [0.29, 0.717) is 39.0 Å². The molecule has 3 aromatic rings. The Hall–Kier alpha value is -3.54. The third kappa shape index (κ3) is 5.29. The maximum atomic E-state index is 13.2. The maximum Gasteiger partial charge on any atom is 0.293 e. The highest BCUT2D eigenvalue weighted by atomic mass is 79.9. The van der Waals surface area contributed by atoms with Gasteiger partial charge in [-0.05, 0) is 53.7 Å². The van der Waals surface area contributed by atoms with Gasteiger partial charge in [0.2, 0.25) is 6.79 Å². The Bertz CT molecular complexity index is 1480. The first kappa shape index (κ1) is 25.1. The van der Waals surface area contributed by atoms with Gasteiger partial charge >= 0.3 is 0 Å². The number of thioether (sulfide) groups is 1. The molecule has 37 heavy (non-hydrogen) atoms. The second-order valence-electron chi connectivity index (χ2n) is 7.92. The fourth-order valence-electron chi connectivity index (χ4n) is 3.76. The van der Waals surface area contributed by atoms with Gasteiger partial charge in [-0.25, -0.2) is 0 Å². The number of carbonyl (C=O) groups excluding carboxylic acids is 2. The molecule has 188 valence electrons. The molecule has 0 radical (unpaired) electrons. The Morgan fingerprint density at radius 3 is 2.65 bits per heavy atom.